The number of amides is 2. The largest absolute Gasteiger partial charge is 0.483 e. The maximum absolute atomic E-state index is 13.4. The van der Waals surface area contributed by atoms with E-state index in [0.29, 0.717) is 18.7 Å². The van der Waals surface area contributed by atoms with Gasteiger partial charge in [-0.3, -0.25) is 9.59 Å². The zero-order chi connectivity index (χ0) is 23.7. The topological polar surface area (TPSA) is 58.6 Å². The van der Waals surface area contributed by atoms with Gasteiger partial charge in [0, 0.05) is 12.6 Å². The van der Waals surface area contributed by atoms with E-state index in [-0.39, 0.29) is 30.4 Å². The van der Waals surface area contributed by atoms with Gasteiger partial charge in [-0.1, -0.05) is 75.7 Å². The van der Waals surface area contributed by atoms with E-state index in [4.69, 9.17) is 4.74 Å². The van der Waals surface area contributed by atoms with Crippen LogP contribution in [-0.2, 0) is 16.1 Å². The van der Waals surface area contributed by atoms with E-state index >= 15 is 0 Å². The molecule has 2 unspecified atom stereocenters. The molecule has 2 amide bonds. The van der Waals surface area contributed by atoms with Crippen LogP contribution in [0.5, 0.6) is 5.75 Å². The van der Waals surface area contributed by atoms with E-state index in [0.717, 1.165) is 23.1 Å². The predicted molar refractivity (Wildman–Crippen MR) is 130 cm³/mol. The number of carbonyl (C=O) groups is 2. The Hall–Kier alpha value is -2.82. The minimum absolute atomic E-state index is 0.0571. The van der Waals surface area contributed by atoms with Gasteiger partial charge >= 0.3 is 0 Å². The number of hydrogen-bond acceptors (Lipinski definition) is 3. The molecule has 0 heterocycles. The Morgan fingerprint density at radius 3 is 2.34 bits per heavy atom. The van der Waals surface area contributed by atoms with Gasteiger partial charge in [-0.05, 0) is 49.8 Å². The zero-order valence-electron chi connectivity index (χ0n) is 20.4. The van der Waals surface area contributed by atoms with Crippen LogP contribution in [-0.4, -0.2) is 35.4 Å². The Labute approximate surface area is 193 Å². The Balaban J connectivity index is 2.26. The number of nitrogens with one attached hydrogen (secondary N) is 1. The van der Waals surface area contributed by atoms with Gasteiger partial charge in [-0.2, -0.15) is 0 Å². The van der Waals surface area contributed by atoms with E-state index < -0.39 is 6.04 Å². The van der Waals surface area contributed by atoms with E-state index in [2.05, 4.69) is 25.2 Å². The second-order valence-electron chi connectivity index (χ2n) is 8.73. The summed E-state index contributed by atoms with van der Waals surface area (Å²) in [5.41, 5.74) is 3.18. The molecule has 32 heavy (non-hydrogen) atoms. The lowest BCUT2D eigenvalue weighted by Gasteiger charge is -2.31. The fraction of sp³-hybridized carbons (Fsp3) is 0.481. The summed E-state index contributed by atoms with van der Waals surface area (Å²) in [6.45, 7) is 12.4. The molecular weight excluding hydrogens is 400 g/mol. The molecule has 0 radical (unpaired) electrons. The third-order valence-corrected chi connectivity index (χ3v) is 5.71. The number of hydrogen-bond donors (Lipinski definition) is 1. The molecule has 0 fully saturated rings. The molecular formula is C27H38N2O3. The standard InChI is InChI=1S/C27H38N2O3/c1-7-21(6)28-27(31)24(8-2)29(17-22-13-11-12-20(5)16-22)26(30)18-32-25-15-10-9-14-23(25)19(3)4/h9-16,19,21,24H,7-8,17-18H2,1-6H3,(H,28,31). The first-order chi connectivity index (χ1) is 15.3. The van der Waals surface area contributed by atoms with Gasteiger partial charge in [0.15, 0.2) is 6.61 Å². The highest BCUT2D eigenvalue weighted by Crippen LogP contribution is 2.26. The van der Waals surface area contributed by atoms with Gasteiger partial charge in [0.1, 0.15) is 11.8 Å². The van der Waals surface area contributed by atoms with Crippen molar-refractivity contribution in [1.82, 2.24) is 10.2 Å². The molecule has 2 aromatic rings. The molecule has 2 atom stereocenters. The van der Waals surface area contributed by atoms with Gasteiger partial charge < -0.3 is 15.0 Å². The van der Waals surface area contributed by atoms with Gasteiger partial charge in [0.05, 0.1) is 0 Å². The molecule has 0 bridgehead atoms. The van der Waals surface area contributed by atoms with Crippen molar-refractivity contribution in [2.75, 3.05) is 6.61 Å². The summed E-state index contributed by atoms with van der Waals surface area (Å²) in [5, 5.41) is 3.04. The number of para-hydroxylation sites is 1. The van der Waals surface area contributed by atoms with Crippen LogP contribution in [0.1, 0.15) is 70.1 Å². The number of rotatable bonds is 11. The molecule has 5 nitrogen and oxygen atoms in total. The third kappa shape index (κ3) is 7.11. The van der Waals surface area contributed by atoms with Crippen LogP contribution >= 0.6 is 0 Å². The van der Waals surface area contributed by atoms with Gasteiger partial charge in [-0.15, -0.1) is 0 Å². The van der Waals surface area contributed by atoms with Crippen LogP contribution in [0, 0.1) is 6.92 Å². The van der Waals surface area contributed by atoms with Gasteiger partial charge in [0.25, 0.3) is 5.91 Å². The summed E-state index contributed by atoms with van der Waals surface area (Å²) in [6.07, 6.45) is 1.37. The highest BCUT2D eigenvalue weighted by atomic mass is 16.5. The predicted octanol–water partition coefficient (Wildman–Crippen LogP) is 5.22. The molecule has 2 aromatic carbocycles. The lowest BCUT2D eigenvalue weighted by Crippen LogP contribution is -2.51. The van der Waals surface area contributed by atoms with Crippen molar-refractivity contribution in [2.24, 2.45) is 0 Å². The monoisotopic (exact) mass is 438 g/mol. The first kappa shape index (κ1) is 25.4. The van der Waals surface area contributed by atoms with Crippen molar-refractivity contribution in [3.8, 4) is 5.75 Å². The molecule has 0 aliphatic carbocycles. The van der Waals surface area contributed by atoms with E-state index in [1.807, 2.05) is 70.2 Å². The third-order valence-electron chi connectivity index (χ3n) is 5.71. The Kier molecular flexibility index (Phi) is 9.76. The van der Waals surface area contributed by atoms with Gasteiger partial charge in [-0.25, -0.2) is 0 Å². The second kappa shape index (κ2) is 12.3. The lowest BCUT2D eigenvalue weighted by molar-refractivity contribution is -0.143. The van der Waals surface area contributed by atoms with Crippen molar-refractivity contribution in [2.45, 2.75) is 78.9 Å². The van der Waals surface area contributed by atoms with Crippen LogP contribution in [0.25, 0.3) is 0 Å². The van der Waals surface area contributed by atoms with E-state index in [1.165, 1.54) is 0 Å². The SMILES string of the molecule is CCC(C)NC(=O)C(CC)N(Cc1cccc(C)c1)C(=O)COc1ccccc1C(C)C. The van der Waals surface area contributed by atoms with E-state index in [9.17, 15) is 9.59 Å². The van der Waals surface area contributed by atoms with Crippen molar-refractivity contribution < 1.29 is 14.3 Å². The summed E-state index contributed by atoms with van der Waals surface area (Å²) in [7, 11) is 0. The molecule has 0 spiro atoms. The Morgan fingerprint density at radius 1 is 1.00 bits per heavy atom. The van der Waals surface area contributed by atoms with Crippen molar-refractivity contribution in [1.29, 1.82) is 0 Å². The van der Waals surface area contributed by atoms with Crippen LogP contribution in [0.3, 0.4) is 0 Å². The summed E-state index contributed by atoms with van der Waals surface area (Å²) in [5.74, 6) is 0.680. The number of nitrogens with zero attached hydrogens (tertiary/aromatic N) is 1. The van der Waals surface area contributed by atoms with Crippen molar-refractivity contribution in [3.05, 3.63) is 65.2 Å². The molecule has 2 rings (SSSR count). The van der Waals surface area contributed by atoms with Gasteiger partial charge in [0.2, 0.25) is 5.91 Å². The highest BCUT2D eigenvalue weighted by molar-refractivity contribution is 5.88. The fourth-order valence-corrected chi connectivity index (χ4v) is 3.68. The molecule has 1 N–H and O–H groups in total. The number of carbonyl (C=O) groups excluding carboxylic acids is 2. The van der Waals surface area contributed by atoms with Crippen LogP contribution in [0.15, 0.2) is 48.5 Å². The molecule has 0 aromatic heterocycles. The number of ether oxygens (including phenoxy) is 1. The molecule has 0 aliphatic heterocycles. The molecule has 5 heteroatoms. The molecule has 0 aliphatic rings. The minimum Gasteiger partial charge on any atom is -0.483 e. The Bertz CT molecular complexity index is 894. The second-order valence-corrected chi connectivity index (χ2v) is 8.73. The minimum atomic E-state index is -0.555. The fourth-order valence-electron chi connectivity index (χ4n) is 3.68. The van der Waals surface area contributed by atoms with E-state index in [1.54, 1.807) is 4.90 Å². The first-order valence-corrected chi connectivity index (χ1v) is 11.6. The zero-order valence-corrected chi connectivity index (χ0v) is 20.4. The average molecular weight is 439 g/mol. The van der Waals surface area contributed by atoms with Crippen LogP contribution in [0.4, 0.5) is 0 Å². The van der Waals surface area contributed by atoms with Crippen molar-refractivity contribution >= 4 is 11.8 Å². The van der Waals surface area contributed by atoms with Crippen LogP contribution in [0.2, 0.25) is 0 Å². The van der Waals surface area contributed by atoms with Crippen LogP contribution < -0.4 is 10.1 Å². The Morgan fingerprint density at radius 2 is 1.72 bits per heavy atom. The number of aryl methyl sites for hydroxylation is 1. The molecule has 0 saturated heterocycles. The smallest absolute Gasteiger partial charge is 0.261 e. The average Bonchev–Trinajstić information content (AvgIpc) is 2.77. The maximum Gasteiger partial charge on any atom is 0.261 e. The summed E-state index contributed by atoms with van der Waals surface area (Å²) < 4.78 is 5.96. The van der Waals surface area contributed by atoms with Crippen molar-refractivity contribution in [3.63, 3.8) is 0 Å². The number of benzene rings is 2. The summed E-state index contributed by atoms with van der Waals surface area (Å²) >= 11 is 0. The lowest BCUT2D eigenvalue weighted by atomic mass is 10.0. The molecule has 0 saturated carbocycles. The summed E-state index contributed by atoms with van der Waals surface area (Å²) in [6, 6.07) is 15.3. The maximum atomic E-state index is 13.4. The first-order valence-electron chi connectivity index (χ1n) is 11.6. The summed E-state index contributed by atoms with van der Waals surface area (Å²) in [4.78, 5) is 28.0. The normalized spacial score (nSPS) is 12.8. The quantitative estimate of drug-likeness (QED) is 0.523. The highest BCUT2D eigenvalue weighted by Gasteiger charge is 2.29. The molecule has 174 valence electrons.